The highest BCUT2D eigenvalue weighted by Gasteiger charge is 2.20. The van der Waals surface area contributed by atoms with Gasteiger partial charge in [0.25, 0.3) is 0 Å². The Labute approximate surface area is 80.6 Å². The highest BCUT2D eigenvalue weighted by molar-refractivity contribution is 5.29. The molecule has 0 spiro atoms. The van der Waals surface area contributed by atoms with Gasteiger partial charge in [0, 0.05) is 5.41 Å². The van der Waals surface area contributed by atoms with Crippen LogP contribution < -0.4 is 0 Å². The molecular weight excluding hydrogens is 156 g/mol. The lowest BCUT2D eigenvalue weighted by Crippen LogP contribution is -2.17. The Bertz CT molecular complexity index is 284. The molecule has 0 bridgehead atoms. The largest absolute Gasteiger partial charge is 0.103 e. The number of allylic oxidation sites excluding steroid dienone is 2. The Hall–Kier alpha value is -1.30. The van der Waals surface area contributed by atoms with Crippen LogP contribution in [-0.2, 0) is 5.41 Å². The van der Waals surface area contributed by atoms with Crippen molar-refractivity contribution in [2.45, 2.75) is 18.8 Å². The summed E-state index contributed by atoms with van der Waals surface area (Å²) >= 11 is 0. The molecule has 0 unspecified atom stereocenters. The van der Waals surface area contributed by atoms with Gasteiger partial charge in [0.15, 0.2) is 0 Å². The lowest BCUT2D eigenvalue weighted by molar-refractivity contribution is 0.607. The molecule has 13 heavy (non-hydrogen) atoms. The summed E-state index contributed by atoms with van der Waals surface area (Å²) in [4.78, 5) is 0. The summed E-state index contributed by atoms with van der Waals surface area (Å²) in [5.41, 5.74) is 1.33. The minimum absolute atomic E-state index is 0.0308. The second kappa shape index (κ2) is 4.08. The molecule has 1 aromatic carbocycles. The van der Waals surface area contributed by atoms with Gasteiger partial charge in [-0.1, -0.05) is 49.4 Å². The quantitative estimate of drug-likeness (QED) is 0.607. The van der Waals surface area contributed by atoms with Crippen molar-refractivity contribution in [2.75, 3.05) is 0 Å². The van der Waals surface area contributed by atoms with Crippen molar-refractivity contribution < 1.29 is 0 Å². The smallest absolute Gasteiger partial charge is 0.0135 e. The maximum atomic E-state index is 3.88. The van der Waals surface area contributed by atoms with Gasteiger partial charge < -0.3 is 0 Å². The fraction of sp³-hybridized carbons (Fsp3) is 0.231. The van der Waals surface area contributed by atoms with Crippen LogP contribution >= 0.6 is 0 Å². The molecule has 1 aromatic rings. The molecule has 1 atom stereocenters. The fourth-order valence-electron chi connectivity index (χ4n) is 1.44. The van der Waals surface area contributed by atoms with E-state index in [9.17, 15) is 0 Å². The van der Waals surface area contributed by atoms with E-state index in [2.05, 4.69) is 44.3 Å². The standard InChI is InChI=1S/C13H16/c1-4-11-13(3,5-2)12-9-7-6-8-10-12/h4-10H,1-2,11H2,3H3/t13-/m1/s1. The maximum Gasteiger partial charge on any atom is 0.0135 e. The van der Waals surface area contributed by atoms with Crippen molar-refractivity contribution in [3.8, 4) is 0 Å². The van der Waals surface area contributed by atoms with Crippen LogP contribution in [0, 0.1) is 0 Å². The summed E-state index contributed by atoms with van der Waals surface area (Å²) < 4.78 is 0. The Morgan fingerprint density at radius 3 is 2.31 bits per heavy atom. The molecule has 0 saturated carbocycles. The average molecular weight is 172 g/mol. The Morgan fingerprint density at radius 2 is 1.85 bits per heavy atom. The van der Waals surface area contributed by atoms with E-state index in [4.69, 9.17) is 0 Å². The fourth-order valence-corrected chi connectivity index (χ4v) is 1.44. The predicted octanol–water partition coefficient (Wildman–Crippen LogP) is 3.71. The van der Waals surface area contributed by atoms with E-state index in [0.29, 0.717) is 0 Å². The van der Waals surface area contributed by atoms with Crippen molar-refractivity contribution in [3.05, 3.63) is 61.2 Å². The monoisotopic (exact) mass is 172 g/mol. The van der Waals surface area contributed by atoms with Gasteiger partial charge in [-0.05, 0) is 12.0 Å². The van der Waals surface area contributed by atoms with E-state index in [1.165, 1.54) is 5.56 Å². The summed E-state index contributed by atoms with van der Waals surface area (Å²) in [5.74, 6) is 0. The minimum atomic E-state index is 0.0308. The summed E-state index contributed by atoms with van der Waals surface area (Å²) in [5, 5.41) is 0. The van der Waals surface area contributed by atoms with E-state index < -0.39 is 0 Å². The molecule has 0 aliphatic rings. The first-order chi connectivity index (χ1) is 6.23. The van der Waals surface area contributed by atoms with Crippen molar-refractivity contribution >= 4 is 0 Å². The molecule has 0 nitrogen and oxygen atoms in total. The number of hydrogen-bond donors (Lipinski definition) is 0. The molecule has 0 fully saturated rings. The first-order valence-corrected chi connectivity index (χ1v) is 4.53. The van der Waals surface area contributed by atoms with Gasteiger partial charge in [-0.2, -0.15) is 0 Å². The van der Waals surface area contributed by atoms with Gasteiger partial charge in [0.2, 0.25) is 0 Å². The molecule has 0 aliphatic carbocycles. The molecule has 0 heteroatoms. The molecule has 0 N–H and O–H groups in total. The van der Waals surface area contributed by atoms with Gasteiger partial charge in [-0.3, -0.25) is 0 Å². The first-order valence-electron chi connectivity index (χ1n) is 4.53. The van der Waals surface area contributed by atoms with Crippen LogP contribution in [-0.4, -0.2) is 0 Å². The van der Waals surface area contributed by atoms with Crippen LogP contribution in [0.1, 0.15) is 18.9 Å². The van der Waals surface area contributed by atoms with Gasteiger partial charge >= 0.3 is 0 Å². The lowest BCUT2D eigenvalue weighted by atomic mass is 9.80. The van der Waals surface area contributed by atoms with Crippen molar-refractivity contribution in [3.63, 3.8) is 0 Å². The zero-order valence-corrected chi connectivity index (χ0v) is 8.16. The van der Waals surface area contributed by atoms with E-state index >= 15 is 0 Å². The molecule has 0 saturated heterocycles. The Morgan fingerprint density at radius 1 is 1.23 bits per heavy atom. The zero-order chi connectivity index (χ0) is 9.73. The van der Waals surface area contributed by atoms with E-state index in [-0.39, 0.29) is 5.41 Å². The van der Waals surface area contributed by atoms with E-state index in [1.807, 2.05) is 18.2 Å². The third-order valence-electron chi connectivity index (χ3n) is 2.45. The van der Waals surface area contributed by atoms with Crippen molar-refractivity contribution in [1.29, 1.82) is 0 Å². The molecule has 68 valence electrons. The van der Waals surface area contributed by atoms with Crippen LogP contribution in [0.4, 0.5) is 0 Å². The Kier molecular flexibility index (Phi) is 3.07. The van der Waals surface area contributed by atoms with Crippen LogP contribution in [0.15, 0.2) is 55.6 Å². The topological polar surface area (TPSA) is 0 Å². The van der Waals surface area contributed by atoms with E-state index in [0.717, 1.165) is 6.42 Å². The van der Waals surface area contributed by atoms with E-state index in [1.54, 1.807) is 0 Å². The molecule has 0 aliphatic heterocycles. The van der Waals surface area contributed by atoms with Gasteiger partial charge in [0.1, 0.15) is 0 Å². The van der Waals surface area contributed by atoms with Crippen LogP contribution in [0.25, 0.3) is 0 Å². The van der Waals surface area contributed by atoms with Crippen LogP contribution in [0.2, 0.25) is 0 Å². The predicted molar refractivity (Wildman–Crippen MR) is 58.8 cm³/mol. The third-order valence-corrected chi connectivity index (χ3v) is 2.45. The van der Waals surface area contributed by atoms with Gasteiger partial charge in [0.05, 0.1) is 0 Å². The second-order valence-corrected chi connectivity index (χ2v) is 3.48. The zero-order valence-electron chi connectivity index (χ0n) is 8.16. The summed E-state index contributed by atoms with van der Waals surface area (Å²) in [7, 11) is 0. The highest BCUT2D eigenvalue weighted by atomic mass is 14.2. The molecule has 0 heterocycles. The van der Waals surface area contributed by atoms with Crippen molar-refractivity contribution in [2.24, 2.45) is 0 Å². The maximum absolute atomic E-state index is 3.88. The summed E-state index contributed by atoms with van der Waals surface area (Å²) in [6.45, 7) is 9.83. The van der Waals surface area contributed by atoms with Gasteiger partial charge in [-0.15, -0.1) is 13.2 Å². The summed E-state index contributed by atoms with van der Waals surface area (Å²) in [6.07, 6.45) is 4.86. The van der Waals surface area contributed by atoms with Crippen molar-refractivity contribution in [1.82, 2.24) is 0 Å². The Balaban J connectivity index is 3.02. The summed E-state index contributed by atoms with van der Waals surface area (Å²) in [6, 6.07) is 10.4. The molecule has 0 radical (unpaired) electrons. The number of rotatable bonds is 4. The average Bonchev–Trinajstić information content (AvgIpc) is 2.19. The van der Waals surface area contributed by atoms with Gasteiger partial charge in [-0.25, -0.2) is 0 Å². The SMILES string of the molecule is C=CC[C@@](C)(C=C)c1ccccc1. The van der Waals surface area contributed by atoms with Crippen LogP contribution in [0.3, 0.4) is 0 Å². The lowest BCUT2D eigenvalue weighted by Gasteiger charge is -2.24. The second-order valence-electron chi connectivity index (χ2n) is 3.48. The molecule has 0 amide bonds. The number of benzene rings is 1. The molecule has 1 rings (SSSR count). The number of hydrogen-bond acceptors (Lipinski definition) is 0. The normalized spacial score (nSPS) is 14.5. The molecule has 0 aromatic heterocycles. The first kappa shape index (κ1) is 9.79. The molecular formula is C13H16. The highest BCUT2D eigenvalue weighted by Crippen LogP contribution is 2.28. The third kappa shape index (κ3) is 2.09. The van der Waals surface area contributed by atoms with Crippen LogP contribution in [0.5, 0.6) is 0 Å². The minimum Gasteiger partial charge on any atom is -0.103 e.